The van der Waals surface area contributed by atoms with Gasteiger partial charge in [0.2, 0.25) is 0 Å². The lowest BCUT2D eigenvalue weighted by atomic mass is 9.84. The molecule has 0 fully saturated rings. The van der Waals surface area contributed by atoms with Gasteiger partial charge >= 0.3 is 12.4 Å². The van der Waals surface area contributed by atoms with Crippen LogP contribution in [0.3, 0.4) is 0 Å². The molecule has 0 heterocycles. The van der Waals surface area contributed by atoms with Crippen LogP contribution in [0.15, 0.2) is 23.8 Å². The van der Waals surface area contributed by atoms with E-state index in [1.807, 2.05) is 0 Å². The molecule has 0 saturated carbocycles. The molecule has 0 aromatic carbocycles. The standard InChI is InChI=1S/C10H8F6O/c11-9(12,13)8(17,10(14,15)16)7-4-5-1-2-6(7)3-5/h1-2,4-6,17H,3H2. The number of aliphatic hydroxyl groups is 1. The van der Waals surface area contributed by atoms with E-state index in [2.05, 4.69) is 0 Å². The van der Waals surface area contributed by atoms with Crippen molar-refractivity contribution >= 4 is 0 Å². The molecule has 2 rings (SSSR count). The van der Waals surface area contributed by atoms with Gasteiger partial charge in [-0.25, -0.2) is 0 Å². The van der Waals surface area contributed by atoms with Crippen molar-refractivity contribution in [1.82, 2.24) is 0 Å². The predicted octanol–water partition coefficient (Wildman–Crippen LogP) is 2.97. The Bertz CT molecular complexity index is 375. The van der Waals surface area contributed by atoms with Crippen LogP contribution in [0.4, 0.5) is 26.3 Å². The van der Waals surface area contributed by atoms with Crippen molar-refractivity contribution < 1.29 is 31.4 Å². The summed E-state index contributed by atoms with van der Waals surface area (Å²) in [7, 11) is 0. The van der Waals surface area contributed by atoms with Crippen molar-refractivity contribution in [2.75, 3.05) is 0 Å². The number of halogens is 6. The van der Waals surface area contributed by atoms with E-state index in [1.165, 1.54) is 6.08 Å². The first-order valence-electron chi connectivity index (χ1n) is 4.83. The van der Waals surface area contributed by atoms with Crippen LogP contribution in [0.5, 0.6) is 0 Å². The van der Waals surface area contributed by atoms with Crippen LogP contribution in [0.1, 0.15) is 6.42 Å². The van der Waals surface area contributed by atoms with Crippen LogP contribution in [0.25, 0.3) is 0 Å². The lowest BCUT2D eigenvalue weighted by Crippen LogP contribution is -2.58. The Morgan fingerprint density at radius 3 is 1.82 bits per heavy atom. The third-order valence-electron chi connectivity index (χ3n) is 3.15. The normalized spacial score (nSPS) is 28.8. The van der Waals surface area contributed by atoms with E-state index in [-0.39, 0.29) is 6.42 Å². The molecule has 2 atom stereocenters. The SMILES string of the molecule is OC(C1=CC2C=CC1C2)(C(F)(F)F)C(F)(F)F. The molecule has 2 unspecified atom stereocenters. The van der Waals surface area contributed by atoms with Gasteiger partial charge in [-0.15, -0.1) is 0 Å². The second-order valence-corrected chi connectivity index (χ2v) is 4.22. The van der Waals surface area contributed by atoms with E-state index in [9.17, 15) is 26.3 Å². The number of allylic oxidation sites excluding steroid dienone is 3. The van der Waals surface area contributed by atoms with Gasteiger partial charge in [0.15, 0.2) is 0 Å². The highest BCUT2D eigenvalue weighted by molar-refractivity contribution is 5.38. The fourth-order valence-corrected chi connectivity index (χ4v) is 2.31. The number of rotatable bonds is 1. The average Bonchev–Trinajstić information content (AvgIpc) is 2.73. The average molecular weight is 258 g/mol. The maximum absolute atomic E-state index is 12.5. The third kappa shape index (κ3) is 1.59. The van der Waals surface area contributed by atoms with Crippen molar-refractivity contribution in [1.29, 1.82) is 0 Å². The summed E-state index contributed by atoms with van der Waals surface area (Å²) in [6.45, 7) is 0. The van der Waals surface area contributed by atoms with Gasteiger partial charge < -0.3 is 5.11 Å². The molecular weight excluding hydrogens is 250 g/mol. The van der Waals surface area contributed by atoms with Gasteiger partial charge in [0.1, 0.15) is 0 Å². The number of alkyl halides is 6. The quantitative estimate of drug-likeness (QED) is 0.566. The largest absolute Gasteiger partial charge is 0.430 e. The van der Waals surface area contributed by atoms with E-state index in [4.69, 9.17) is 5.11 Å². The highest BCUT2D eigenvalue weighted by atomic mass is 19.4. The van der Waals surface area contributed by atoms with E-state index in [0.29, 0.717) is 0 Å². The van der Waals surface area contributed by atoms with Gasteiger partial charge in [-0.1, -0.05) is 18.2 Å². The summed E-state index contributed by atoms with van der Waals surface area (Å²) in [6.07, 6.45) is -7.68. The van der Waals surface area contributed by atoms with E-state index < -0.39 is 35.4 Å². The summed E-state index contributed by atoms with van der Waals surface area (Å²) >= 11 is 0. The summed E-state index contributed by atoms with van der Waals surface area (Å²) in [6, 6.07) is 0. The fraction of sp³-hybridized carbons (Fsp3) is 0.600. The molecule has 0 aromatic rings. The molecule has 0 aromatic heterocycles. The van der Waals surface area contributed by atoms with E-state index in [1.54, 1.807) is 6.08 Å². The van der Waals surface area contributed by atoms with Gasteiger partial charge in [-0.05, 0) is 17.9 Å². The van der Waals surface area contributed by atoms with Crippen LogP contribution in [-0.2, 0) is 0 Å². The van der Waals surface area contributed by atoms with E-state index >= 15 is 0 Å². The monoisotopic (exact) mass is 258 g/mol. The predicted molar refractivity (Wildman–Crippen MR) is 45.9 cm³/mol. The maximum Gasteiger partial charge on any atom is 0.430 e. The van der Waals surface area contributed by atoms with Gasteiger partial charge in [0, 0.05) is 5.92 Å². The van der Waals surface area contributed by atoms with Gasteiger partial charge in [0.25, 0.3) is 5.60 Å². The van der Waals surface area contributed by atoms with Crippen molar-refractivity contribution in [2.45, 2.75) is 24.4 Å². The molecule has 0 radical (unpaired) electrons. The van der Waals surface area contributed by atoms with Crippen LogP contribution in [0.2, 0.25) is 0 Å². The van der Waals surface area contributed by atoms with Crippen LogP contribution < -0.4 is 0 Å². The third-order valence-corrected chi connectivity index (χ3v) is 3.15. The molecule has 96 valence electrons. The molecule has 7 heteroatoms. The minimum absolute atomic E-state index is 0.170. The Morgan fingerprint density at radius 2 is 1.53 bits per heavy atom. The molecule has 2 aliphatic rings. The smallest absolute Gasteiger partial charge is 0.370 e. The summed E-state index contributed by atoms with van der Waals surface area (Å²) in [5, 5.41) is 9.15. The zero-order chi connectivity index (χ0) is 13.1. The van der Waals surface area contributed by atoms with Crippen molar-refractivity contribution in [2.24, 2.45) is 11.8 Å². The summed E-state index contributed by atoms with van der Waals surface area (Å²) in [4.78, 5) is 0. The molecule has 2 aliphatic carbocycles. The van der Waals surface area contributed by atoms with E-state index in [0.717, 1.165) is 6.08 Å². The minimum atomic E-state index is -5.77. The Balaban J connectivity index is 2.47. The number of hydrogen-bond acceptors (Lipinski definition) is 1. The van der Waals surface area contributed by atoms with Crippen LogP contribution in [0, 0.1) is 11.8 Å². The zero-order valence-electron chi connectivity index (χ0n) is 8.31. The first-order valence-corrected chi connectivity index (χ1v) is 4.83. The van der Waals surface area contributed by atoms with Crippen molar-refractivity contribution in [3.8, 4) is 0 Å². The summed E-state index contributed by atoms with van der Waals surface area (Å²) in [5.74, 6) is -1.42. The number of hydrogen-bond donors (Lipinski definition) is 1. The molecule has 0 saturated heterocycles. The Kier molecular flexibility index (Phi) is 2.40. The molecule has 1 N–H and O–H groups in total. The van der Waals surface area contributed by atoms with Gasteiger partial charge in [-0.3, -0.25) is 0 Å². The highest BCUT2D eigenvalue weighted by Crippen LogP contribution is 2.54. The molecule has 17 heavy (non-hydrogen) atoms. The molecule has 2 bridgehead atoms. The Morgan fingerprint density at radius 1 is 1.00 bits per heavy atom. The van der Waals surface area contributed by atoms with Crippen LogP contribution >= 0.6 is 0 Å². The second kappa shape index (κ2) is 3.28. The van der Waals surface area contributed by atoms with Gasteiger partial charge in [0.05, 0.1) is 0 Å². The minimum Gasteiger partial charge on any atom is -0.370 e. The fourth-order valence-electron chi connectivity index (χ4n) is 2.31. The molecular formula is C10H8F6O. The summed E-state index contributed by atoms with van der Waals surface area (Å²) < 4.78 is 75.3. The Labute approximate surface area is 92.4 Å². The number of fused-ring (bicyclic) bond motifs is 2. The molecule has 1 nitrogen and oxygen atoms in total. The maximum atomic E-state index is 12.5. The topological polar surface area (TPSA) is 20.2 Å². The highest BCUT2D eigenvalue weighted by Gasteiger charge is 2.73. The zero-order valence-corrected chi connectivity index (χ0v) is 8.31. The van der Waals surface area contributed by atoms with Crippen molar-refractivity contribution in [3.05, 3.63) is 23.8 Å². The lowest BCUT2D eigenvalue weighted by molar-refractivity contribution is -0.353. The summed E-state index contributed by atoms with van der Waals surface area (Å²) in [5.41, 5.74) is -5.73. The lowest BCUT2D eigenvalue weighted by Gasteiger charge is -2.35. The molecule has 0 amide bonds. The van der Waals surface area contributed by atoms with Gasteiger partial charge in [-0.2, -0.15) is 26.3 Å². The first-order chi connectivity index (χ1) is 7.57. The van der Waals surface area contributed by atoms with Crippen LogP contribution in [-0.4, -0.2) is 23.1 Å². The second-order valence-electron chi connectivity index (χ2n) is 4.22. The molecule has 0 aliphatic heterocycles. The van der Waals surface area contributed by atoms with Crippen molar-refractivity contribution in [3.63, 3.8) is 0 Å². The Hall–Kier alpha value is -0.980. The molecule has 0 spiro atoms. The first kappa shape index (κ1) is 12.5.